The maximum atomic E-state index is 12.9. The van der Waals surface area contributed by atoms with Crippen molar-refractivity contribution in [2.24, 2.45) is 0 Å². The summed E-state index contributed by atoms with van der Waals surface area (Å²) in [5.74, 6) is 6.27. The lowest BCUT2D eigenvalue weighted by Crippen LogP contribution is -2.27. The minimum absolute atomic E-state index is 0.234. The SMILES string of the molecule is CCC(C(=O)Nc1cccc(C#Cc2ccccn2)c1)n1nnc(-c2ccc(Cl)cc2)n1. The highest BCUT2D eigenvalue weighted by atomic mass is 35.5. The first kappa shape index (κ1) is 21.2. The van der Waals surface area contributed by atoms with E-state index in [0.29, 0.717) is 28.6 Å². The van der Waals surface area contributed by atoms with Crippen LogP contribution in [0.2, 0.25) is 5.02 Å². The van der Waals surface area contributed by atoms with Crippen LogP contribution in [0.15, 0.2) is 72.9 Å². The van der Waals surface area contributed by atoms with Gasteiger partial charge in [0.1, 0.15) is 5.69 Å². The Morgan fingerprint density at radius 3 is 2.69 bits per heavy atom. The van der Waals surface area contributed by atoms with Crippen LogP contribution < -0.4 is 5.32 Å². The number of halogens is 1. The van der Waals surface area contributed by atoms with Crippen LogP contribution in [-0.4, -0.2) is 31.1 Å². The first-order chi connectivity index (χ1) is 15.6. The molecule has 0 saturated heterocycles. The zero-order valence-corrected chi connectivity index (χ0v) is 18.0. The monoisotopic (exact) mass is 442 g/mol. The van der Waals surface area contributed by atoms with Crippen molar-refractivity contribution in [3.63, 3.8) is 0 Å². The number of tetrazole rings is 1. The van der Waals surface area contributed by atoms with Crippen LogP contribution in [0.1, 0.15) is 30.6 Å². The lowest BCUT2D eigenvalue weighted by molar-refractivity contribution is -0.119. The van der Waals surface area contributed by atoms with Crippen molar-refractivity contribution in [3.05, 3.63) is 89.2 Å². The number of rotatable bonds is 5. The molecule has 0 saturated carbocycles. The van der Waals surface area contributed by atoms with Crippen molar-refractivity contribution in [1.82, 2.24) is 25.2 Å². The van der Waals surface area contributed by atoms with Gasteiger partial charge >= 0.3 is 0 Å². The highest BCUT2D eigenvalue weighted by Crippen LogP contribution is 2.19. The van der Waals surface area contributed by atoms with E-state index in [1.807, 2.05) is 61.5 Å². The van der Waals surface area contributed by atoms with Crippen LogP contribution in [0.4, 0.5) is 5.69 Å². The first-order valence-corrected chi connectivity index (χ1v) is 10.4. The number of carbonyl (C=O) groups excluding carboxylic acids is 1. The van der Waals surface area contributed by atoms with E-state index in [0.717, 1.165) is 11.1 Å². The van der Waals surface area contributed by atoms with E-state index in [9.17, 15) is 4.79 Å². The summed E-state index contributed by atoms with van der Waals surface area (Å²) < 4.78 is 0. The molecule has 4 rings (SSSR count). The number of pyridine rings is 1. The molecule has 0 radical (unpaired) electrons. The third kappa shape index (κ3) is 5.17. The van der Waals surface area contributed by atoms with E-state index >= 15 is 0 Å². The molecule has 8 heteroatoms. The first-order valence-electron chi connectivity index (χ1n) is 10.0. The number of anilines is 1. The maximum Gasteiger partial charge on any atom is 0.251 e. The zero-order chi connectivity index (χ0) is 22.3. The predicted octanol–water partition coefficient (Wildman–Crippen LogP) is 4.38. The molecular formula is C24H19ClN6O. The Balaban J connectivity index is 1.48. The number of amides is 1. The van der Waals surface area contributed by atoms with Gasteiger partial charge in [-0.3, -0.25) is 4.79 Å². The van der Waals surface area contributed by atoms with Gasteiger partial charge in [0.15, 0.2) is 6.04 Å². The summed E-state index contributed by atoms with van der Waals surface area (Å²) in [4.78, 5) is 18.4. The molecule has 2 heterocycles. The van der Waals surface area contributed by atoms with Crippen molar-refractivity contribution in [2.75, 3.05) is 5.32 Å². The van der Waals surface area contributed by atoms with Crippen LogP contribution in [0.5, 0.6) is 0 Å². The van der Waals surface area contributed by atoms with Gasteiger partial charge in [-0.1, -0.05) is 36.6 Å². The molecule has 0 aliphatic carbocycles. The second-order valence-electron chi connectivity index (χ2n) is 6.90. The molecule has 1 atom stereocenters. The van der Waals surface area contributed by atoms with Crippen molar-refractivity contribution in [1.29, 1.82) is 0 Å². The number of aromatic nitrogens is 5. The molecule has 158 valence electrons. The lowest BCUT2D eigenvalue weighted by Gasteiger charge is -2.13. The number of nitrogens with zero attached hydrogens (tertiary/aromatic N) is 5. The molecule has 32 heavy (non-hydrogen) atoms. The van der Waals surface area contributed by atoms with Crippen molar-refractivity contribution in [2.45, 2.75) is 19.4 Å². The van der Waals surface area contributed by atoms with E-state index in [1.54, 1.807) is 18.3 Å². The Bertz CT molecular complexity index is 1280. The molecule has 1 unspecified atom stereocenters. The summed E-state index contributed by atoms with van der Waals surface area (Å²) in [5.41, 5.74) is 2.86. The van der Waals surface area contributed by atoms with Crippen LogP contribution in [-0.2, 0) is 4.79 Å². The zero-order valence-electron chi connectivity index (χ0n) is 17.2. The summed E-state index contributed by atoms with van der Waals surface area (Å²) in [6.45, 7) is 1.89. The van der Waals surface area contributed by atoms with Gasteiger partial charge in [0, 0.05) is 28.0 Å². The molecule has 0 aliphatic rings. The molecule has 0 fully saturated rings. The molecule has 2 aromatic carbocycles. The number of nitrogens with one attached hydrogen (secondary N) is 1. The largest absolute Gasteiger partial charge is 0.324 e. The maximum absolute atomic E-state index is 12.9. The van der Waals surface area contributed by atoms with Crippen molar-refractivity contribution in [3.8, 4) is 23.2 Å². The van der Waals surface area contributed by atoms with Crippen molar-refractivity contribution < 1.29 is 4.79 Å². The fourth-order valence-corrected chi connectivity index (χ4v) is 3.12. The molecule has 0 aliphatic heterocycles. The minimum atomic E-state index is -0.605. The molecule has 1 N–H and O–H groups in total. The van der Waals surface area contributed by atoms with E-state index in [4.69, 9.17) is 11.6 Å². The quantitative estimate of drug-likeness (QED) is 0.463. The minimum Gasteiger partial charge on any atom is -0.324 e. The average Bonchev–Trinajstić information content (AvgIpc) is 3.29. The molecule has 4 aromatic rings. The van der Waals surface area contributed by atoms with Gasteiger partial charge < -0.3 is 5.32 Å². The Morgan fingerprint density at radius 1 is 1.09 bits per heavy atom. The van der Waals surface area contributed by atoms with Crippen molar-refractivity contribution >= 4 is 23.2 Å². The topological polar surface area (TPSA) is 85.6 Å². The van der Waals surface area contributed by atoms with E-state index < -0.39 is 6.04 Å². The summed E-state index contributed by atoms with van der Waals surface area (Å²) in [7, 11) is 0. The normalized spacial score (nSPS) is 11.3. The fourth-order valence-electron chi connectivity index (χ4n) is 3.00. The number of hydrogen-bond donors (Lipinski definition) is 1. The van der Waals surface area contributed by atoms with Gasteiger partial charge in [0.25, 0.3) is 5.91 Å². The van der Waals surface area contributed by atoms with Crippen LogP contribution >= 0.6 is 11.6 Å². The Labute approximate surface area is 190 Å². The van der Waals surface area contributed by atoms with Crippen LogP contribution in [0, 0.1) is 11.8 Å². The number of carbonyl (C=O) groups is 1. The van der Waals surface area contributed by atoms with Gasteiger partial charge in [-0.2, -0.15) is 4.80 Å². The summed E-state index contributed by atoms with van der Waals surface area (Å²) in [6.07, 6.45) is 2.20. The van der Waals surface area contributed by atoms with Gasteiger partial charge in [-0.15, -0.1) is 10.2 Å². The molecule has 2 aromatic heterocycles. The summed E-state index contributed by atoms with van der Waals surface area (Å²) >= 11 is 5.93. The molecule has 0 spiro atoms. The smallest absolute Gasteiger partial charge is 0.251 e. The third-order valence-corrected chi connectivity index (χ3v) is 4.88. The Morgan fingerprint density at radius 2 is 1.94 bits per heavy atom. The van der Waals surface area contributed by atoms with Gasteiger partial charge in [0.2, 0.25) is 5.82 Å². The number of benzene rings is 2. The lowest BCUT2D eigenvalue weighted by atomic mass is 10.1. The molecule has 1 amide bonds. The van der Waals surface area contributed by atoms with Crippen LogP contribution in [0.25, 0.3) is 11.4 Å². The van der Waals surface area contributed by atoms with E-state index in [2.05, 4.69) is 37.6 Å². The summed E-state index contributed by atoms with van der Waals surface area (Å²) in [5, 5.41) is 16.1. The molecular weight excluding hydrogens is 424 g/mol. The fraction of sp³-hybridized carbons (Fsp3) is 0.125. The van der Waals surface area contributed by atoms with E-state index in [1.165, 1.54) is 4.80 Å². The Hall–Kier alpha value is -4.02. The van der Waals surface area contributed by atoms with Crippen LogP contribution in [0.3, 0.4) is 0 Å². The average molecular weight is 443 g/mol. The number of hydrogen-bond acceptors (Lipinski definition) is 5. The van der Waals surface area contributed by atoms with Gasteiger partial charge in [-0.05, 0) is 72.2 Å². The second-order valence-corrected chi connectivity index (χ2v) is 7.34. The molecule has 0 bridgehead atoms. The Kier molecular flexibility index (Phi) is 6.54. The summed E-state index contributed by atoms with van der Waals surface area (Å²) in [6, 6.07) is 19.4. The molecule has 7 nitrogen and oxygen atoms in total. The van der Waals surface area contributed by atoms with E-state index in [-0.39, 0.29) is 5.91 Å². The third-order valence-electron chi connectivity index (χ3n) is 4.63. The highest BCUT2D eigenvalue weighted by Gasteiger charge is 2.22. The van der Waals surface area contributed by atoms with Gasteiger partial charge in [0.05, 0.1) is 0 Å². The van der Waals surface area contributed by atoms with Gasteiger partial charge in [-0.25, -0.2) is 4.98 Å². The standard InChI is InChI=1S/C24H19ClN6O/c1-2-22(31-29-23(28-30-31)18-10-12-19(25)13-11-18)24(32)27-21-8-5-6-17(16-21)9-14-20-7-3-4-15-26-20/h3-8,10-13,15-16,22H,2H2,1H3,(H,27,32). The predicted molar refractivity (Wildman–Crippen MR) is 123 cm³/mol. The second kappa shape index (κ2) is 9.86. The highest BCUT2D eigenvalue weighted by molar-refractivity contribution is 6.30.